The molecule has 1 atom stereocenters. The first-order valence-electron chi connectivity index (χ1n) is 8.16. The topological polar surface area (TPSA) is 20.3 Å². The predicted molar refractivity (Wildman–Crippen MR) is 81.1 cm³/mol. The van der Waals surface area contributed by atoms with Crippen LogP contribution in [0.25, 0.3) is 0 Å². The Morgan fingerprint density at radius 2 is 1.90 bits per heavy atom. The van der Waals surface area contributed by atoms with Crippen LogP contribution < -0.4 is 4.90 Å². The van der Waals surface area contributed by atoms with Gasteiger partial charge < -0.3 is 4.90 Å². The number of hydrogen-bond acceptors (Lipinski definition) is 1. The summed E-state index contributed by atoms with van der Waals surface area (Å²) in [5.74, 6) is 0.937. The standard InChI is InChI=1S/C18H23NO/c1-13-12-18(9-4-2-3-5-10-18)19-16(20)11-14-7-6-8-15(13)17(14)19/h6-8,13H,2-5,9-12H2,1H3. The fourth-order valence-electron chi connectivity index (χ4n) is 4.88. The summed E-state index contributed by atoms with van der Waals surface area (Å²) in [7, 11) is 0. The Morgan fingerprint density at radius 1 is 1.15 bits per heavy atom. The molecule has 1 aliphatic carbocycles. The normalized spacial score (nSPS) is 27.6. The zero-order valence-corrected chi connectivity index (χ0v) is 12.3. The van der Waals surface area contributed by atoms with Crippen LogP contribution in [0, 0.1) is 0 Å². The van der Waals surface area contributed by atoms with Gasteiger partial charge in [-0.05, 0) is 36.3 Å². The van der Waals surface area contributed by atoms with Gasteiger partial charge >= 0.3 is 0 Å². The van der Waals surface area contributed by atoms with Crippen LogP contribution in [0.5, 0.6) is 0 Å². The second kappa shape index (κ2) is 4.34. The van der Waals surface area contributed by atoms with E-state index in [0.717, 1.165) is 6.42 Å². The van der Waals surface area contributed by atoms with Gasteiger partial charge in [0.2, 0.25) is 5.91 Å². The first-order chi connectivity index (χ1) is 9.71. The van der Waals surface area contributed by atoms with Gasteiger partial charge in [0.1, 0.15) is 0 Å². The summed E-state index contributed by atoms with van der Waals surface area (Å²) >= 11 is 0. The highest BCUT2D eigenvalue weighted by Crippen LogP contribution is 2.52. The molecule has 1 spiro atoms. The number of hydrogen-bond donors (Lipinski definition) is 0. The van der Waals surface area contributed by atoms with Crippen LogP contribution in [0.3, 0.4) is 0 Å². The van der Waals surface area contributed by atoms with Gasteiger partial charge in [-0.3, -0.25) is 4.79 Å². The number of para-hydroxylation sites is 1. The Labute approximate surface area is 121 Å². The Morgan fingerprint density at radius 3 is 2.65 bits per heavy atom. The summed E-state index contributed by atoms with van der Waals surface area (Å²) in [6.07, 6.45) is 9.45. The Kier molecular flexibility index (Phi) is 2.70. The van der Waals surface area contributed by atoms with Crippen molar-refractivity contribution in [1.82, 2.24) is 0 Å². The molecule has 1 fully saturated rings. The Hall–Kier alpha value is -1.31. The number of nitrogens with zero attached hydrogens (tertiary/aromatic N) is 1. The van der Waals surface area contributed by atoms with Crippen molar-refractivity contribution in [2.45, 2.75) is 69.7 Å². The first kappa shape index (κ1) is 12.4. The van der Waals surface area contributed by atoms with Gasteiger partial charge in [-0.1, -0.05) is 50.8 Å². The third-order valence-electron chi connectivity index (χ3n) is 5.69. The van der Waals surface area contributed by atoms with Gasteiger partial charge in [0.15, 0.2) is 0 Å². The maximum absolute atomic E-state index is 12.7. The van der Waals surface area contributed by atoms with Crippen molar-refractivity contribution in [2.75, 3.05) is 4.90 Å². The lowest BCUT2D eigenvalue weighted by Crippen LogP contribution is -2.53. The van der Waals surface area contributed by atoms with Crippen LogP contribution >= 0.6 is 0 Å². The molecule has 1 aromatic rings. The van der Waals surface area contributed by atoms with Crippen LogP contribution in [0.1, 0.15) is 68.9 Å². The molecule has 2 heterocycles. The summed E-state index contributed by atoms with van der Waals surface area (Å²) in [5.41, 5.74) is 4.09. The smallest absolute Gasteiger partial charge is 0.232 e. The first-order valence-corrected chi connectivity index (χ1v) is 8.16. The van der Waals surface area contributed by atoms with E-state index in [1.807, 2.05) is 0 Å². The van der Waals surface area contributed by atoms with Crippen molar-refractivity contribution in [3.63, 3.8) is 0 Å². The fourth-order valence-corrected chi connectivity index (χ4v) is 4.88. The third-order valence-corrected chi connectivity index (χ3v) is 5.69. The minimum absolute atomic E-state index is 0.132. The predicted octanol–water partition coefficient (Wildman–Crippen LogP) is 4.18. The lowest BCUT2D eigenvalue weighted by Gasteiger charge is -2.48. The molecule has 1 aromatic carbocycles. The van der Waals surface area contributed by atoms with Crippen LogP contribution in [0.2, 0.25) is 0 Å². The Bertz CT molecular complexity index is 555. The summed E-state index contributed by atoms with van der Waals surface area (Å²) in [5, 5.41) is 0. The molecule has 1 unspecified atom stereocenters. The average Bonchev–Trinajstić information content (AvgIpc) is 2.62. The lowest BCUT2D eigenvalue weighted by atomic mass is 9.74. The number of fused-ring (bicyclic) bond motifs is 1. The third kappa shape index (κ3) is 1.60. The van der Waals surface area contributed by atoms with Crippen LogP contribution in [0.15, 0.2) is 18.2 Å². The fraction of sp³-hybridized carbons (Fsp3) is 0.611. The molecular formula is C18H23NO. The Balaban J connectivity index is 1.87. The van der Waals surface area contributed by atoms with E-state index in [0.29, 0.717) is 18.2 Å². The maximum atomic E-state index is 12.7. The second-order valence-corrected chi connectivity index (χ2v) is 7.00. The largest absolute Gasteiger partial charge is 0.305 e. The van der Waals surface area contributed by atoms with E-state index in [1.165, 1.54) is 55.3 Å². The van der Waals surface area contributed by atoms with Gasteiger partial charge in [-0.25, -0.2) is 0 Å². The van der Waals surface area contributed by atoms with E-state index in [9.17, 15) is 4.79 Å². The highest BCUT2D eigenvalue weighted by atomic mass is 16.2. The van der Waals surface area contributed by atoms with E-state index < -0.39 is 0 Å². The molecule has 4 rings (SSSR count). The van der Waals surface area contributed by atoms with Crippen molar-refractivity contribution in [1.29, 1.82) is 0 Å². The molecule has 3 aliphatic rings. The number of amides is 1. The van der Waals surface area contributed by atoms with Crippen molar-refractivity contribution >= 4 is 11.6 Å². The van der Waals surface area contributed by atoms with Gasteiger partial charge in [-0.15, -0.1) is 0 Å². The molecule has 2 aliphatic heterocycles. The van der Waals surface area contributed by atoms with Crippen LogP contribution in [-0.2, 0) is 11.2 Å². The minimum Gasteiger partial charge on any atom is -0.305 e. The van der Waals surface area contributed by atoms with E-state index in [4.69, 9.17) is 0 Å². The van der Waals surface area contributed by atoms with Crippen molar-refractivity contribution in [3.05, 3.63) is 29.3 Å². The molecule has 0 N–H and O–H groups in total. The van der Waals surface area contributed by atoms with E-state index in [1.54, 1.807) is 0 Å². The summed E-state index contributed by atoms with van der Waals surface area (Å²) in [6.45, 7) is 2.35. The van der Waals surface area contributed by atoms with Gasteiger partial charge in [-0.2, -0.15) is 0 Å². The molecule has 1 saturated carbocycles. The zero-order chi connectivity index (χ0) is 13.7. The quantitative estimate of drug-likeness (QED) is 0.692. The highest BCUT2D eigenvalue weighted by Gasteiger charge is 2.49. The lowest BCUT2D eigenvalue weighted by molar-refractivity contribution is -0.118. The summed E-state index contributed by atoms with van der Waals surface area (Å²) in [4.78, 5) is 14.9. The average molecular weight is 269 g/mol. The van der Waals surface area contributed by atoms with E-state index in [-0.39, 0.29) is 5.54 Å². The monoisotopic (exact) mass is 269 g/mol. The number of anilines is 1. The van der Waals surface area contributed by atoms with Crippen LogP contribution in [-0.4, -0.2) is 11.4 Å². The number of carbonyl (C=O) groups is 1. The molecule has 0 radical (unpaired) electrons. The molecule has 2 heteroatoms. The zero-order valence-electron chi connectivity index (χ0n) is 12.3. The summed E-state index contributed by atoms with van der Waals surface area (Å²) in [6, 6.07) is 6.52. The SMILES string of the molecule is CC1CC2(CCCCCC2)N2C(=O)Cc3cccc1c32. The van der Waals surface area contributed by atoms with E-state index in [2.05, 4.69) is 30.0 Å². The van der Waals surface area contributed by atoms with Gasteiger partial charge in [0.25, 0.3) is 0 Å². The maximum Gasteiger partial charge on any atom is 0.232 e. The molecule has 0 saturated heterocycles. The number of carbonyl (C=O) groups excluding carboxylic acids is 1. The van der Waals surface area contributed by atoms with Crippen LogP contribution in [0.4, 0.5) is 5.69 Å². The number of benzene rings is 1. The van der Waals surface area contributed by atoms with Crippen molar-refractivity contribution in [2.24, 2.45) is 0 Å². The highest BCUT2D eigenvalue weighted by molar-refractivity contribution is 6.04. The van der Waals surface area contributed by atoms with E-state index >= 15 is 0 Å². The van der Waals surface area contributed by atoms with Crippen molar-refractivity contribution < 1.29 is 4.79 Å². The summed E-state index contributed by atoms with van der Waals surface area (Å²) < 4.78 is 0. The van der Waals surface area contributed by atoms with Gasteiger partial charge in [0.05, 0.1) is 12.1 Å². The minimum atomic E-state index is 0.132. The molecule has 0 bridgehead atoms. The molecule has 20 heavy (non-hydrogen) atoms. The molecule has 106 valence electrons. The molecule has 1 amide bonds. The molecule has 0 aromatic heterocycles. The number of rotatable bonds is 0. The van der Waals surface area contributed by atoms with Gasteiger partial charge in [0, 0.05) is 5.54 Å². The second-order valence-electron chi connectivity index (χ2n) is 7.00. The molecular weight excluding hydrogens is 246 g/mol. The molecule has 2 nitrogen and oxygen atoms in total. The van der Waals surface area contributed by atoms with Crippen molar-refractivity contribution in [3.8, 4) is 0 Å².